The van der Waals surface area contributed by atoms with Crippen LogP contribution >= 0.6 is 0 Å². The first-order valence-electron chi connectivity index (χ1n) is 6.20. The van der Waals surface area contributed by atoms with Gasteiger partial charge in [0.15, 0.2) is 0 Å². The average molecular weight is 260 g/mol. The van der Waals surface area contributed by atoms with E-state index in [2.05, 4.69) is 10.3 Å². The molecule has 2 aromatic rings. The van der Waals surface area contributed by atoms with E-state index in [9.17, 15) is 9.90 Å². The maximum absolute atomic E-state index is 11.3. The number of nitrogens with zero attached hydrogens (tertiary/aromatic N) is 1. The lowest BCUT2D eigenvalue weighted by Crippen LogP contribution is -2.07. The summed E-state index contributed by atoms with van der Waals surface area (Å²) in [5.41, 5.74) is 0.905. The number of nitrogens with one attached hydrogen (secondary N) is 1. The van der Waals surface area contributed by atoms with E-state index in [-0.39, 0.29) is 12.2 Å². The molecule has 1 heterocycles. The van der Waals surface area contributed by atoms with Gasteiger partial charge in [-0.15, -0.1) is 0 Å². The number of hydrogen-bond acceptors (Lipinski definition) is 4. The Labute approximate surface area is 110 Å². The SMILES string of the molecule is O=C(O)c1cc(NCCCCO)nc2ccccc12. The predicted molar refractivity (Wildman–Crippen MR) is 73.5 cm³/mol. The first-order chi connectivity index (χ1) is 9.22. The minimum absolute atomic E-state index is 0.160. The lowest BCUT2D eigenvalue weighted by molar-refractivity contribution is 0.0699. The number of fused-ring (bicyclic) bond motifs is 1. The molecule has 2 rings (SSSR count). The van der Waals surface area contributed by atoms with E-state index in [1.54, 1.807) is 24.3 Å². The lowest BCUT2D eigenvalue weighted by Gasteiger charge is -2.08. The molecular weight excluding hydrogens is 244 g/mol. The van der Waals surface area contributed by atoms with Gasteiger partial charge in [-0.25, -0.2) is 9.78 Å². The number of benzene rings is 1. The average Bonchev–Trinajstić information content (AvgIpc) is 2.42. The molecule has 0 saturated carbocycles. The third-order valence-electron chi connectivity index (χ3n) is 2.84. The maximum atomic E-state index is 11.3. The van der Waals surface area contributed by atoms with Gasteiger partial charge < -0.3 is 15.5 Å². The van der Waals surface area contributed by atoms with Crippen LogP contribution < -0.4 is 5.32 Å². The van der Waals surface area contributed by atoms with E-state index in [4.69, 9.17) is 5.11 Å². The second-order valence-corrected chi connectivity index (χ2v) is 4.23. The Hall–Kier alpha value is -2.14. The van der Waals surface area contributed by atoms with Crippen LogP contribution in [0.1, 0.15) is 23.2 Å². The van der Waals surface area contributed by atoms with Crippen molar-refractivity contribution in [2.45, 2.75) is 12.8 Å². The summed E-state index contributed by atoms with van der Waals surface area (Å²) in [6.45, 7) is 0.818. The van der Waals surface area contributed by atoms with Crippen LogP contribution in [0.3, 0.4) is 0 Å². The molecular formula is C14H16N2O3. The number of unbranched alkanes of at least 4 members (excludes halogenated alkanes) is 1. The van der Waals surface area contributed by atoms with Crippen molar-refractivity contribution in [1.82, 2.24) is 4.98 Å². The monoisotopic (exact) mass is 260 g/mol. The number of aromatic nitrogens is 1. The zero-order valence-electron chi connectivity index (χ0n) is 10.5. The van der Waals surface area contributed by atoms with Crippen molar-refractivity contribution in [2.24, 2.45) is 0 Å². The number of aromatic carboxylic acids is 1. The number of rotatable bonds is 6. The fraction of sp³-hybridized carbons (Fsp3) is 0.286. The molecule has 3 N–H and O–H groups in total. The molecule has 0 aliphatic carbocycles. The molecule has 0 amide bonds. The highest BCUT2D eigenvalue weighted by molar-refractivity contribution is 6.03. The quantitative estimate of drug-likeness (QED) is 0.693. The second kappa shape index (κ2) is 6.15. The molecule has 1 aromatic heterocycles. The summed E-state index contributed by atoms with van der Waals surface area (Å²) in [5, 5.41) is 21.6. The van der Waals surface area contributed by atoms with Crippen LogP contribution in [0.15, 0.2) is 30.3 Å². The molecule has 0 radical (unpaired) electrons. The molecule has 100 valence electrons. The van der Waals surface area contributed by atoms with Crippen molar-refractivity contribution in [3.8, 4) is 0 Å². The second-order valence-electron chi connectivity index (χ2n) is 4.23. The number of para-hydroxylation sites is 1. The number of anilines is 1. The van der Waals surface area contributed by atoms with Crippen molar-refractivity contribution in [2.75, 3.05) is 18.5 Å². The zero-order chi connectivity index (χ0) is 13.7. The summed E-state index contributed by atoms with van der Waals surface area (Å²) in [5.74, 6) is -0.411. The van der Waals surface area contributed by atoms with Crippen LogP contribution in [0.25, 0.3) is 10.9 Å². The number of aliphatic hydroxyl groups is 1. The number of aliphatic hydroxyl groups excluding tert-OH is 1. The van der Waals surface area contributed by atoms with Crippen LogP contribution in [-0.4, -0.2) is 34.3 Å². The normalized spacial score (nSPS) is 10.6. The van der Waals surface area contributed by atoms with E-state index in [0.717, 1.165) is 6.42 Å². The Morgan fingerprint density at radius 3 is 2.79 bits per heavy atom. The van der Waals surface area contributed by atoms with E-state index < -0.39 is 5.97 Å². The van der Waals surface area contributed by atoms with E-state index in [1.165, 1.54) is 0 Å². The van der Waals surface area contributed by atoms with Crippen molar-refractivity contribution in [3.05, 3.63) is 35.9 Å². The molecule has 0 unspecified atom stereocenters. The van der Waals surface area contributed by atoms with Crippen molar-refractivity contribution in [3.63, 3.8) is 0 Å². The minimum atomic E-state index is -0.961. The summed E-state index contributed by atoms with van der Waals surface area (Å²) in [7, 11) is 0. The van der Waals surface area contributed by atoms with Crippen LogP contribution in [0.2, 0.25) is 0 Å². The Bertz CT molecular complexity index is 584. The first-order valence-corrected chi connectivity index (χ1v) is 6.20. The largest absolute Gasteiger partial charge is 0.478 e. The predicted octanol–water partition coefficient (Wildman–Crippen LogP) is 2.12. The van der Waals surface area contributed by atoms with Gasteiger partial charge in [0.1, 0.15) is 5.82 Å². The summed E-state index contributed by atoms with van der Waals surface area (Å²) in [6.07, 6.45) is 1.53. The van der Waals surface area contributed by atoms with Crippen molar-refractivity contribution in [1.29, 1.82) is 0 Å². The first kappa shape index (κ1) is 13.3. The molecule has 0 aliphatic rings. The van der Waals surface area contributed by atoms with Crippen LogP contribution in [0.4, 0.5) is 5.82 Å². The Kier molecular flexibility index (Phi) is 4.30. The fourth-order valence-corrected chi connectivity index (χ4v) is 1.90. The molecule has 0 fully saturated rings. The lowest BCUT2D eigenvalue weighted by atomic mass is 10.1. The molecule has 0 atom stereocenters. The van der Waals surface area contributed by atoms with Gasteiger partial charge in [-0.1, -0.05) is 18.2 Å². The molecule has 19 heavy (non-hydrogen) atoms. The summed E-state index contributed by atoms with van der Waals surface area (Å²) in [4.78, 5) is 15.6. The number of carboxylic acids is 1. The standard InChI is InChI=1S/C14H16N2O3/c17-8-4-3-7-15-13-9-11(14(18)19)10-5-1-2-6-12(10)16-13/h1-2,5-6,9,17H,3-4,7-8H2,(H,15,16)(H,18,19). The van der Waals surface area contributed by atoms with Crippen molar-refractivity contribution >= 4 is 22.7 Å². The summed E-state index contributed by atoms with van der Waals surface area (Å²) < 4.78 is 0. The Morgan fingerprint density at radius 1 is 1.26 bits per heavy atom. The number of hydrogen-bond donors (Lipinski definition) is 3. The highest BCUT2D eigenvalue weighted by atomic mass is 16.4. The molecule has 1 aromatic carbocycles. The highest BCUT2D eigenvalue weighted by Gasteiger charge is 2.11. The molecule has 0 bridgehead atoms. The van der Waals surface area contributed by atoms with Gasteiger partial charge >= 0.3 is 5.97 Å². The topological polar surface area (TPSA) is 82.5 Å². The molecule has 5 heteroatoms. The number of carbonyl (C=O) groups is 1. The molecule has 0 saturated heterocycles. The van der Waals surface area contributed by atoms with E-state index in [1.807, 2.05) is 6.07 Å². The molecule has 0 aliphatic heterocycles. The van der Waals surface area contributed by atoms with Crippen LogP contribution in [0.5, 0.6) is 0 Å². The molecule has 5 nitrogen and oxygen atoms in total. The third kappa shape index (κ3) is 3.20. The van der Waals surface area contributed by atoms with Crippen molar-refractivity contribution < 1.29 is 15.0 Å². The smallest absolute Gasteiger partial charge is 0.336 e. The van der Waals surface area contributed by atoms with Gasteiger partial charge in [0, 0.05) is 18.5 Å². The van der Waals surface area contributed by atoms with E-state index in [0.29, 0.717) is 29.7 Å². The van der Waals surface area contributed by atoms with Gasteiger partial charge in [0.2, 0.25) is 0 Å². The zero-order valence-corrected chi connectivity index (χ0v) is 10.5. The highest BCUT2D eigenvalue weighted by Crippen LogP contribution is 2.20. The van der Waals surface area contributed by atoms with Gasteiger partial charge in [-0.2, -0.15) is 0 Å². The fourth-order valence-electron chi connectivity index (χ4n) is 1.90. The third-order valence-corrected chi connectivity index (χ3v) is 2.84. The summed E-state index contributed by atoms with van der Waals surface area (Å²) in [6, 6.07) is 8.72. The van der Waals surface area contributed by atoms with Crippen LogP contribution in [-0.2, 0) is 0 Å². The number of pyridine rings is 1. The van der Waals surface area contributed by atoms with E-state index >= 15 is 0 Å². The Morgan fingerprint density at radius 2 is 2.05 bits per heavy atom. The Balaban J connectivity index is 2.27. The van der Waals surface area contributed by atoms with Gasteiger partial charge in [0.05, 0.1) is 11.1 Å². The molecule has 0 spiro atoms. The number of carboxylic acid groups (broad SMARTS) is 1. The van der Waals surface area contributed by atoms with Crippen LogP contribution in [0, 0.1) is 0 Å². The van der Waals surface area contributed by atoms with Gasteiger partial charge in [-0.3, -0.25) is 0 Å². The van der Waals surface area contributed by atoms with Gasteiger partial charge in [0.25, 0.3) is 0 Å². The minimum Gasteiger partial charge on any atom is -0.478 e. The summed E-state index contributed by atoms with van der Waals surface area (Å²) >= 11 is 0. The van der Waals surface area contributed by atoms with Gasteiger partial charge in [-0.05, 0) is 25.0 Å². The maximum Gasteiger partial charge on any atom is 0.336 e.